The van der Waals surface area contributed by atoms with Crippen LogP contribution in [0, 0.1) is 0 Å². The van der Waals surface area contributed by atoms with Crippen LogP contribution in [0.15, 0.2) is 12.1 Å². The highest BCUT2D eigenvalue weighted by molar-refractivity contribution is 5.44. The molecule has 0 unspecified atom stereocenters. The van der Waals surface area contributed by atoms with Gasteiger partial charge in [0.2, 0.25) is 0 Å². The lowest BCUT2D eigenvalue weighted by molar-refractivity contribution is 0.247. The SMILES string of the molecule is CC(C)(C)c1cc(CO)cc(N2CCN(C3CC3)CC2)n1. The second-order valence-electron chi connectivity index (χ2n) is 7.38. The van der Waals surface area contributed by atoms with Gasteiger partial charge in [-0.25, -0.2) is 4.98 Å². The van der Waals surface area contributed by atoms with Crippen molar-refractivity contribution in [3.63, 3.8) is 0 Å². The van der Waals surface area contributed by atoms with E-state index < -0.39 is 0 Å². The lowest BCUT2D eigenvalue weighted by Gasteiger charge is -2.36. The molecule has 3 rings (SSSR count). The highest BCUT2D eigenvalue weighted by atomic mass is 16.3. The van der Waals surface area contributed by atoms with Gasteiger partial charge >= 0.3 is 0 Å². The average molecular weight is 289 g/mol. The normalized spacial score (nSPS) is 20.9. The molecule has 0 aromatic carbocycles. The van der Waals surface area contributed by atoms with Crippen LogP contribution in [-0.4, -0.2) is 47.2 Å². The summed E-state index contributed by atoms with van der Waals surface area (Å²) in [6, 6.07) is 4.93. The molecule has 1 aromatic heterocycles. The lowest BCUT2D eigenvalue weighted by Crippen LogP contribution is -2.47. The standard InChI is InChI=1S/C17H27N3O/c1-17(2,3)15-10-13(12-21)11-16(18-15)20-8-6-19(7-9-20)14-4-5-14/h10-11,14,21H,4-9,12H2,1-3H3. The average Bonchev–Trinajstić information content (AvgIpc) is 3.30. The Kier molecular flexibility index (Phi) is 3.93. The maximum atomic E-state index is 9.52. The molecule has 0 amide bonds. The van der Waals surface area contributed by atoms with E-state index in [2.05, 4.69) is 30.6 Å². The van der Waals surface area contributed by atoms with Crippen LogP contribution in [0.5, 0.6) is 0 Å². The Morgan fingerprint density at radius 2 is 1.81 bits per heavy atom. The van der Waals surface area contributed by atoms with Crippen LogP contribution in [0.2, 0.25) is 0 Å². The fraction of sp³-hybridized carbons (Fsp3) is 0.706. The molecule has 1 aliphatic carbocycles. The van der Waals surface area contributed by atoms with E-state index in [0.717, 1.165) is 49.3 Å². The Morgan fingerprint density at radius 3 is 2.33 bits per heavy atom. The predicted molar refractivity (Wildman–Crippen MR) is 85.7 cm³/mol. The van der Waals surface area contributed by atoms with Gasteiger partial charge in [-0.3, -0.25) is 4.90 Å². The molecule has 0 spiro atoms. The summed E-state index contributed by atoms with van der Waals surface area (Å²) in [7, 11) is 0. The molecule has 1 N–H and O–H groups in total. The molecule has 2 heterocycles. The Hall–Kier alpha value is -1.13. The van der Waals surface area contributed by atoms with Crippen LogP contribution in [0.3, 0.4) is 0 Å². The van der Waals surface area contributed by atoms with Crippen molar-refractivity contribution in [3.8, 4) is 0 Å². The minimum Gasteiger partial charge on any atom is -0.392 e. The van der Waals surface area contributed by atoms with E-state index in [0.29, 0.717) is 0 Å². The Bertz CT molecular complexity index is 497. The number of anilines is 1. The second-order valence-corrected chi connectivity index (χ2v) is 7.38. The van der Waals surface area contributed by atoms with E-state index in [1.54, 1.807) is 0 Å². The predicted octanol–water partition coefficient (Wildman–Crippen LogP) is 2.16. The second kappa shape index (κ2) is 5.58. The van der Waals surface area contributed by atoms with Gasteiger partial charge in [0.05, 0.1) is 6.61 Å². The van der Waals surface area contributed by atoms with Crippen molar-refractivity contribution in [3.05, 3.63) is 23.4 Å². The van der Waals surface area contributed by atoms with Crippen LogP contribution in [-0.2, 0) is 12.0 Å². The summed E-state index contributed by atoms with van der Waals surface area (Å²) >= 11 is 0. The van der Waals surface area contributed by atoms with Crippen LogP contribution >= 0.6 is 0 Å². The lowest BCUT2D eigenvalue weighted by atomic mass is 9.91. The molecule has 1 saturated carbocycles. The molecular formula is C17H27N3O. The largest absolute Gasteiger partial charge is 0.392 e. The van der Waals surface area contributed by atoms with Gasteiger partial charge in [0.25, 0.3) is 0 Å². The summed E-state index contributed by atoms with van der Waals surface area (Å²) in [6.45, 7) is 11.0. The fourth-order valence-corrected chi connectivity index (χ4v) is 2.96. The summed E-state index contributed by atoms with van der Waals surface area (Å²) in [5.74, 6) is 1.03. The van der Waals surface area contributed by atoms with Crippen LogP contribution < -0.4 is 4.90 Å². The monoisotopic (exact) mass is 289 g/mol. The molecule has 1 saturated heterocycles. The fourth-order valence-electron chi connectivity index (χ4n) is 2.96. The van der Waals surface area contributed by atoms with Gasteiger partial charge in [-0.2, -0.15) is 0 Å². The van der Waals surface area contributed by atoms with Crippen molar-refractivity contribution in [1.82, 2.24) is 9.88 Å². The Labute approximate surface area is 127 Å². The highest BCUT2D eigenvalue weighted by Gasteiger charge is 2.31. The van der Waals surface area contributed by atoms with Gasteiger partial charge < -0.3 is 10.0 Å². The first kappa shape index (κ1) is 14.8. The number of piperazine rings is 1. The molecular weight excluding hydrogens is 262 g/mol. The number of hydrogen-bond acceptors (Lipinski definition) is 4. The first-order valence-corrected chi connectivity index (χ1v) is 8.08. The van der Waals surface area contributed by atoms with Gasteiger partial charge in [0.1, 0.15) is 5.82 Å². The molecule has 1 aliphatic heterocycles. The molecule has 0 radical (unpaired) electrons. The maximum absolute atomic E-state index is 9.52. The van der Waals surface area contributed by atoms with Gasteiger partial charge in [0.15, 0.2) is 0 Å². The summed E-state index contributed by atoms with van der Waals surface area (Å²) in [5, 5.41) is 9.52. The Morgan fingerprint density at radius 1 is 1.14 bits per heavy atom. The minimum atomic E-state index is 0.00969. The first-order valence-electron chi connectivity index (χ1n) is 8.08. The smallest absolute Gasteiger partial charge is 0.129 e. The molecule has 116 valence electrons. The molecule has 0 atom stereocenters. The number of aliphatic hydroxyl groups is 1. The van der Waals surface area contributed by atoms with Crippen LogP contribution in [0.4, 0.5) is 5.82 Å². The summed E-state index contributed by atoms with van der Waals surface area (Å²) in [5.41, 5.74) is 2.04. The maximum Gasteiger partial charge on any atom is 0.129 e. The summed E-state index contributed by atoms with van der Waals surface area (Å²) in [6.07, 6.45) is 2.76. The molecule has 2 aliphatic rings. The van der Waals surface area contributed by atoms with Crippen molar-refractivity contribution in [2.75, 3.05) is 31.1 Å². The Balaban J connectivity index is 1.78. The summed E-state index contributed by atoms with van der Waals surface area (Å²) in [4.78, 5) is 9.83. The van der Waals surface area contributed by atoms with Gasteiger partial charge in [-0.15, -0.1) is 0 Å². The van der Waals surface area contributed by atoms with Crippen LogP contribution in [0.1, 0.15) is 44.9 Å². The third-order valence-corrected chi connectivity index (χ3v) is 4.52. The molecule has 2 fully saturated rings. The molecule has 21 heavy (non-hydrogen) atoms. The van der Waals surface area contributed by atoms with E-state index in [4.69, 9.17) is 4.98 Å². The van der Waals surface area contributed by atoms with Crippen molar-refractivity contribution in [2.24, 2.45) is 0 Å². The van der Waals surface area contributed by atoms with Gasteiger partial charge in [0, 0.05) is 43.3 Å². The minimum absolute atomic E-state index is 0.00969. The third-order valence-electron chi connectivity index (χ3n) is 4.52. The quantitative estimate of drug-likeness (QED) is 0.925. The summed E-state index contributed by atoms with van der Waals surface area (Å²) < 4.78 is 0. The van der Waals surface area contributed by atoms with Crippen molar-refractivity contribution >= 4 is 5.82 Å². The topological polar surface area (TPSA) is 39.6 Å². The number of aliphatic hydroxyl groups excluding tert-OH is 1. The third kappa shape index (κ3) is 3.38. The molecule has 1 aromatic rings. The molecule has 4 nitrogen and oxygen atoms in total. The number of nitrogens with zero attached hydrogens (tertiary/aromatic N) is 3. The van der Waals surface area contributed by atoms with E-state index in [1.807, 2.05) is 12.1 Å². The number of rotatable bonds is 3. The van der Waals surface area contributed by atoms with Crippen LogP contribution in [0.25, 0.3) is 0 Å². The highest BCUT2D eigenvalue weighted by Crippen LogP contribution is 2.29. The van der Waals surface area contributed by atoms with Gasteiger partial charge in [-0.1, -0.05) is 20.8 Å². The number of aromatic nitrogens is 1. The van der Waals surface area contributed by atoms with E-state index in [9.17, 15) is 5.11 Å². The first-order chi connectivity index (χ1) is 9.97. The van der Waals surface area contributed by atoms with E-state index >= 15 is 0 Å². The van der Waals surface area contributed by atoms with Gasteiger partial charge in [-0.05, 0) is 30.5 Å². The van der Waals surface area contributed by atoms with E-state index in [1.165, 1.54) is 12.8 Å². The molecule has 0 bridgehead atoms. The van der Waals surface area contributed by atoms with E-state index in [-0.39, 0.29) is 12.0 Å². The zero-order chi connectivity index (χ0) is 15.0. The van der Waals surface area contributed by atoms with Crippen molar-refractivity contribution < 1.29 is 5.11 Å². The van der Waals surface area contributed by atoms with Crippen molar-refractivity contribution in [1.29, 1.82) is 0 Å². The number of pyridine rings is 1. The number of hydrogen-bond donors (Lipinski definition) is 1. The molecule has 4 heteroatoms. The zero-order valence-electron chi connectivity index (χ0n) is 13.5. The van der Waals surface area contributed by atoms with Crippen molar-refractivity contribution in [2.45, 2.75) is 51.7 Å². The zero-order valence-corrected chi connectivity index (χ0v) is 13.5.